The number of ether oxygens (including phenoxy) is 3. The van der Waals surface area contributed by atoms with Gasteiger partial charge in [-0.05, 0) is 5.56 Å². The molecule has 128 valence electrons. The van der Waals surface area contributed by atoms with Crippen LogP contribution < -0.4 is 5.32 Å². The fourth-order valence-electron chi connectivity index (χ4n) is 2.34. The lowest BCUT2D eigenvalue weighted by Gasteiger charge is -2.41. The molecule has 1 heterocycles. The van der Waals surface area contributed by atoms with Gasteiger partial charge in [-0.2, -0.15) is 0 Å². The van der Waals surface area contributed by atoms with Crippen LogP contribution in [-0.4, -0.2) is 65.8 Å². The number of carbonyl (C=O) groups excluding carboxylic acids is 1. The van der Waals surface area contributed by atoms with Crippen molar-refractivity contribution in [3.05, 3.63) is 35.9 Å². The van der Waals surface area contributed by atoms with Crippen LogP contribution in [0.15, 0.2) is 30.3 Å². The van der Waals surface area contributed by atoms with Crippen molar-refractivity contribution in [2.45, 2.75) is 37.3 Å². The maximum Gasteiger partial charge on any atom is 0.407 e. The van der Waals surface area contributed by atoms with Gasteiger partial charge in [0.05, 0.1) is 6.61 Å². The number of aliphatic hydroxyl groups is 3. The van der Waals surface area contributed by atoms with E-state index in [0.717, 1.165) is 5.56 Å². The van der Waals surface area contributed by atoms with Crippen molar-refractivity contribution in [2.24, 2.45) is 0 Å². The van der Waals surface area contributed by atoms with Gasteiger partial charge in [-0.3, -0.25) is 0 Å². The lowest BCUT2D eigenvalue weighted by Crippen LogP contribution is -2.64. The smallest absolute Gasteiger partial charge is 0.407 e. The first-order valence-electron chi connectivity index (χ1n) is 7.19. The molecule has 0 unspecified atom stereocenters. The van der Waals surface area contributed by atoms with Gasteiger partial charge in [-0.15, -0.1) is 0 Å². The molecule has 0 aliphatic carbocycles. The summed E-state index contributed by atoms with van der Waals surface area (Å²) in [7, 11) is 1.33. The second-order valence-corrected chi connectivity index (χ2v) is 5.17. The number of benzene rings is 1. The Morgan fingerprint density at radius 1 is 1.26 bits per heavy atom. The van der Waals surface area contributed by atoms with Gasteiger partial charge in [0.25, 0.3) is 0 Å². The van der Waals surface area contributed by atoms with E-state index in [-0.39, 0.29) is 6.61 Å². The number of amides is 1. The molecule has 4 N–H and O–H groups in total. The maximum absolute atomic E-state index is 11.9. The van der Waals surface area contributed by atoms with Crippen molar-refractivity contribution in [2.75, 3.05) is 13.7 Å². The monoisotopic (exact) mass is 327 g/mol. The fourth-order valence-corrected chi connectivity index (χ4v) is 2.34. The fraction of sp³-hybridized carbons (Fsp3) is 0.533. The first-order valence-corrected chi connectivity index (χ1v) is 7.19. The van der Waals surface area contributed by atoms with Crippen molar-refractivity contribution in [3.63, 3.8) is 0 Å². The van der Waals surface area contributed by atoms with E-state index in [1.807, 2.05) is 18.2 Å². The second-order valence-electron chi connectivity index (χ2n) is 5.17. The molecule has 1 fully saturated rings. The predicted molar refractivity (Wildman–Crippen MR) is 78.3 cm³/mol. The maximum atomic E-state index is 11.9. The number of rotatable bonds is 5. The minimum Gasteiger partial charge on any atom is -0.445 e. The standard InChI is InChI=1S/C15H21NO7/c1-21-14-11(13(19)12(18)10(7-17)23-14)16-15(20)22-8-9-5-3-2-4-6-9/h2-6,10-14,17-19H,7-8H2,1H3,(H,16,20)/t10-,11-,12-,13-,14-/m1/s1. The summed E-state index contributed by atoms with van der Waals surface area (Å²) in [6.07, 6.45) is -5.51. The Morgan fingerprint density at radius 3 is 2.57 bits per heavy atom. The van der Waals surface area contributed by atoms with Crippen LogP contribution in [0.25, 0.3) is 0 Å². The third-order valence-electron chi connectivity index (χ3n) is 3.61. The molecule has 8 heteroatoms. The first kappa shape index (κ1) is 17.6. The summed E-state index contributed by atoms with van der Waals surface area (Å²) < 4.78 is 15.4. The van der Waals surface area contributed by atoms with Crippen LogP contribution in [0, 0.1) is 0 Å². The topological polar surface area (TPSA) is 117 Å². The molecule has 8 nitrogen and oxygen atoms in total. The number of nitrogens with one attached hydrogen (secondary N) is 1. The Morgan fingerprint density at radius 2 is 1.96 bits per heavy atom. The number of methoxy groups -OCH3 is 1. The Hall–Kier alpha value is -1.71. The van der Waals surface area contributed by atoms with Crippen molar-refractivity contribution in [3.8, 4) is 0 Å². The number of aliphatic hydroxyl groups excluding tert-OH is 3. The van der Waals surface area contributed by atoms with Crippen LogP contribution in [0.5, 0.6) is 0 Å². The molecule has 1 aromatic rings. The Kier molecular flexibility index (Phi) is 6.31. The van der Waals surface area contributed by atoms with Gasteiger partial charge < -0.3 is 34.8 Å². The molecule has 23 heavy (non-hydrogen) atoms. The van der Waals surface area contributed by atoms with Gasteiger partial charge in [-0.1, -0.05) is 30.3 Å². The summed E-state index contributed by atoms with van der Waals surface area (Å²) >= 11 is 0. The van der Waals surface area contributed by atoms with E-state index in [4.69, 9.17) is 19.3 Å². The Balaban J connectivity index is 1.92. The van der Waals surface area contributed by atoms with E-state index < -0.39 is 43.3 Å². The molecule has 5 atom stereocenters. The minimum atomic E-state index is -1.37. The van der Waals surface area contributed by atoms with Gasteiger partial charge in [0, 0.05) is 7.11 Å². The summed E-state index contributed by atoms with van der Waals surface area (Å²) in [5.74, 6) is 0. The van der Waals surface area contributed by atoms with E-state index in [0.29, 0.717) is 0 Å². The Labute approximate surface area is 133 Å². The van der Waals surface area contributed by atoms with Crippen molar-refractivity contribution < 1.29 is 34.3 Å². The van der Waals surface area contributed by atoms with E-state index in [1.54, 1.807) is 12.1 Å². The molecule has 1 saturated heterocycles. The zero-order chi connectivity index (χ0) is 16.8. The van der Waals surface area contributed by atoms with Gasteiger partial charge >= 0.3 is 6.09 Å². The van der Waals surface area contributed by atoms with Crippen LogP contribution in [0.4, 0.5) is 4.79 Å². The average molecular weight is 327 g/mol. The van der Waals surface area contributed by atoms with E-state index in [1.165, 1.54) is 7.11 Å². The number of hydrogen-bond acceptors (Lipinski definition) is 7. The molecule has 2 rings (SSSR count). The summed E-state index contributed by atoms with van der Waals surface area (Å²) in [5, 5.41) is 31.5. The highest BCUT2D eigenvalue weighted by atomic mass is 16.7. The summed E-state index contributed by atoms with van der Waals surface area (Å²) in [5.41, 5.74) is 0.812. The largest absolute Gasteiger partial charge is 0.445 e. The van der Waals surface area contributed by atoms with Gasteiger partial charge in [0.2, 0.25) is 0 Å². The van der Waals surface area contributed by atoms with E-state index in [9.17, 15) is 15.0 Å². The minimum absolute atomic E-state index is 0.0653. The summed E-state index contributed by atoms with van der Waals surface area (Å²) in [6, 6.07) is 8.07. The predicted octanol–water partition coefficient (Wildman–Crippen LogP) is -0.633. The molecule has 1 aliphatic heterocycles. The zero-order valence-electron chi connectivity index (χ0n) is 12.7. The highest BCUT2D eigenvalue weighted by Gasteiger charge is 2.45. The van der Waals surface area contributed by atoms with Crippen LogP contribution in [0.2, 0.25) is 0 Å². The first-order chi connectivity index (χ1) is 11.1. The molecular weight excluding hydrogens is 306 g/mol. The van der Waals surface area contributed by atoms with Crippen molar-refractivity contribution in [1.82, 2.24) is 5.32 Å². The van der Waals surface area contributed by atoms with Crippen LogP contribution >= 0.6 is 0 Å². The van der Waals surface area contributed by atoms with E-state index >= 15 is 0 Å². The van der Waals surface area contributed by atoms with Crippen LogP contribution in [0.3, 0.4) is 0 Å². The molecule has 0 saturated carbocycles. The molecule has 0 bridgehead atoms. The lowest BCUT2D eigenvalue weighted by molar-refractivity contribution is -0.262. The molecule has 1 aromatic carbocycles. The van der Waals surface area contributed by atoms with Gasteiger partial charge in [0.15, 0.2) is 6.29 Å². The van der Waals surface area contributed by atoms with E-state index in [2.05, 4.69) is 5.32 Å². The number of hydrogen-bond donors (Lipinski definition) is 4. The van der Waals surface area contributed by atoms with Crippen molar-refractivity contribution >= 4 is 6.09 Å². The normalized spacial score (nSPS) is 30.7. The molecule has 1 amide bonds. The van der Waals surface area contributed by atoms with Crippen molar-refractivity contribution in [1.29, 1.82) is 0 Å². The highest BCUT2D eigenvalue weighted by molar-refractivity contribution is 5.67. The van der Waals surface area contributed by atoms with Crippen LogP contribution in [0.1, 0.15) is 5.56 Å². The van der Waals surface area contributed by atoms with Gasteiger partial charge in [-0.25, -0.2) is 4.79 Å². The highest BCUT2D eigenvalue weighted by Crippen LogP contribution is 2.21. The Bertz CT molecular complexity index is 496. The van der Waals surface area contributed by atoms with Gasteiger partial charge in [0.1, 0.15) is 31.0 Å². The third-order valence-corrected chi connectivity index (χ3v) is 3.61. The lowest BCUT2D eigenvalue weighted by atomic mass is 9.97. The molecule has 1 aliphatic rings. The SMILES string of the molecule is CO[C@@H]1O[C@H](CO)[C@@H](O)[C@H](O)[C@H]1NC(=O)OCc1ccccc1. The number of carbonyl (C=O) groups is 1. The quantitative estimate of drug-likeness (QED) is 0.568. The average Bonchev–Trinajstić information content (AvgIpc) is 2.58. The molecule has 0 radical (unpaired) electrons. The number of alkyl carbamates (subject to hydrolysis) is 1. The third kappa shape index (κ3) is 4.40. The second kappa shape index (κ2) is 8.23. The summed E-state index contributed by atoms with van der Waals surface area (Å²) in [6.45, 7) is -0.418. The zero-order valence-corrected chi connectivity index (χ0v) is 12.7. The molecule has 0 aromatic heterocycles. The molecule has 0 spiro atoms. The molecular formula is C15H21NO7. The summed E-state index contributed by atoms with van der Waals surface area (Å²) in [4.78, 5) is 11.9. The van der Waals surface area contributed by atoms with Crippen LogP contribution in [-0.2, 0) is 20.8 Å².